The predicted molar refractivity (Wildman–Crippen MR) is 86.1 cm³/mol. The zero-order valence-corrected chi connectivity index (χ0v) is 13.6. The molecule has 1 N–H and O–H groups in total. The molecule has 3 nitrogen and oxygen atoms in total. The van der Waals surface area contributed by atoms with Gasteiger partial charge in [-0.1, -0.05) is 23.8 Å². The van der Waals surface area contributed by atoms with Crippen LogP contribution in [0.5, 0.6) is 5.75 Å². The summed E-state index contributed by atoms with van der Waals surface area (Å²) in [6.07, 6.45) is -5.30. The molecule has 24 heavy (non-hydrogen) atoms. The number of nitrogens with one attached hydrogen (secondary N) is 1. The number of alkyl halides is 3. The fourth-order valence-corrected chi connectivity index (χ4v) is 2.19. The smallest absolute Gasteiger partial charge is 0.416 e. The molecule has 2 aromatic carbocycles. The van der Waals surface area contributed by atoms with Crippen LogP contribution in [-0.2, 0) is 11.0 Å². The van der Waals surface area contributed by atoms with Gasteiger partial charge in [-0.2, -0.15) is 13.2 Å². The molecule has 6 heteroatoms. The van der Waals surface area contributed by atoms with Crippen molar-refractivity contribution < 1.29 is 22.7 Å². The highest BCUT2D eigenvalue weighted by Gasteiger charge is 2.30. The first-order valence-electron chi connectivity index (χ1n) is 7.39. The molecule has 0 unspecified atom stereocenters. The topological polar surface area (TPSA) is 38.3 Å². The maximum Gasteiger partial charge on any atom is 0.416 e. The second-order valence-corrected chi connectivity index (χ2v) is 5.60. The Morgan fingerprint density at radius 1 is 1.12 bits per heavy atom. The molecule has 128 valence electrons. The highest BCUT2D eigenvalue weighted by Crippen LogP contribution is 2.30. The van der Waals surface area contributed by atoms with Gasteiger partial charge in [0.2, 0.25) is 0 Å². The Morgan fingerprint density at radius 3 is 2.46 bits per heavy atom. The molecule has 0 bridgehead atoms. The highest BCUT2D eigenvalue weighted by molar-refractivity contribution is 5.94. The van der Waals surface area contributed by atoms with Crippen LogP contribution in [0.2, 0.25) is 0 Å². The van der Waals surface area contributed by atoms with Gasteiger partial charge in [0.25, 0.3) is 5.91 Å². The van der Waals surface area contributed by atoms with E-state index in [0.29, 0.717) is 5.75 Å². The Morgan fingerprint density at radius 2 is 1.83 bits per heavy atom. The van der Waals surface area contributed by atoms with Gasteiger partial charge in [-0.05, 0) is 50.6 Å². The molecule has 1 atom stereocenters. The summed E-state index contributed by atoms with van der Waals surface area (Å²) in [5, 5.41) is 2.44. The van der Waals surface area contributed by atoms with E-state index in [9.17, 15) is 18.0 Å². The Bertz CT molecular complexity index is 741. The Balaban J connectivity index is 2.06. The number of halogens is 3. The standard InChI is InChI=1S/C18H18F3NO2/c1-11-7-8-16(12(2)9-11)24-13(3)17(23)22-15-6-4-5-14(10-15)18(19,20)21/h4-10,13H,1-3H3,(H,22,23)/t13-/m1/s1. The van der Waals surface area contributed by atoms with E-state index < -0.39 is 23.8 Å². The van der Waals surface area contributed by atoms with Gasteiger partial charge in [0.05, 0.1) is 5.56 Å². The molecule has 0 fully saturated rings. The molecule has 2 aromatic rings. The minimum absolute atomic E-state index is 0.0749. The number of rotatable bonds is 4. The van der Waals surface area contributed by atoms with Gasteiger partial charge in [-0.15, -0.1) is 0 Å². The number of amides is 1. The van der Waals surface area contributed by atoms with Gasteiger partial charge in [0.1, 0.15) is 5.75 Å². The van der Waals surface area contributed by atoms with Crippen molar-refractivity contribution in [3.05, 3.63) is 59.2 Å². The largest absolute Gasteiger partial charge is 0.481 e. The number of hydrogen-bond donors (Lipinski definition) is 1. The average molecular weight is 337 g/mol. The third-order valence-corrected chi connectivity index (χ3v) is 3.46. The summed E-state index contributed by atoms with van der Waals surface area (Å²) in [5.74, 6) is 0.0431. The quantitative estimate of drug-likeness (QED) is 0.876. The zero-order chi connectivity index (χ0) is 17.9. The molecule has 0 aliphatic carbocycles. The predicted octanol–water partition coefficient (Wildman–Crippen LogP) is 4.73. The maximum atomic E-state index is 12.7. The van der Waals surface area contributed by atoms with Crippen LogP contribution >= 0.6 is 0 Å². The lowest BCUT2D eigenvalue weighted by Gasteiger charge is -2.17. The minimum Gasteiger partial charge on any atom is -0.481 e. The number of anilines is 1. The molecule has 1 amide bonds. The maximum absolute atomic E-state index is 12.7. The summed E-state index contributed by atoms with van der Waals surface area (Å²) in [7, 11) is 0. The third-order valence-electron chi connectivity index (χ3n) is 3.46. The van der Waals surface area contributed by atoms with Crippen molar-refractivity contribution in [2.45, 2.75) is 33.1 Å². The van der Waals surface area contributed by atoms with Crippen LogP contribution in [0.15, 0.2) is 42.5 Å². The number of hydrogen-bond acceptors (Lipinski definition) is 2. The first-order chi connectivity index (χ1) is 11.2. The van der Waals surface area contributed by atoms with Crippen LogP contribution < -0.4 is 10.1 Å². The lowest BCUT2D eigenvalue weighted by Crippen LogP contribution is -2.30. The van der Waals surface area contributed by atoms with Gasteiger partial charge in [0, 0.05) is 5.69 Å². The van der Waals surface area contributed by atoms with E-state index in [1.807, 2.05) is 26.0 Å². The summed E-state index contributed by atoms with van der Waals surface area (Å²) in [4.78, 5) is 12.1. The van der Waals surface area contributed by atoms with Crippen LogP contribution in [-0.4, -0.2) is 12.0 Å². The fraction of sp³-hybridized carbons (Fsp3) is 0.278. The van der Waals surface area contributed by atoms with Crippen molar-refractivity contribution >= 4 is 11.6 Å². The average Bonchev–Trinajstić information content (AvgIpc) is 2.49. The number of aryl methyl sites for hydroxylation is 2. The Hall–Kier alpha value is -2.50. The molecular formula is C18H18F3NO2. The van der Waals surface area contributed by atoms with Crippen molar-refractivity contribution in [3.8, 4) is 5.75 Å². The first-order valence-corrected chi connectivity index (χ1v) is 7.39. The minimum atomic E-state index is -4.46. The molecule has 0 radical (unpaired) electrons. The number of carbonyl (C=O) groups is 1. The Kier molecular flexibility index (Phi) is 5.17. The normalized spacial score (nSPS) is 12.6. The van der Waals surface area contributed by atoms with Crippen molar-refractivity contribution in [1.82, 2.24) is 0 Å². The van der Waals surface area contributed by atoms with E-state index in [4.69, 9.17) is 4.74 Å². The van der Waals surface area contributed by atoms with E-state index in [1.165, 1.54) is 12.1 Å². The molecule has 0 aliphatic heterocycles. The summed E-state index contributed by atoms with van der Waals surface area (Å²) in [6, 6.07) is 10.0. The second-order valence-electron chi connectivity index (χ2n) is 5.60. The van der Waals surface area contributed by atoms with E-state index in [1.54, 1.807) is 13.0 Å². The van der Waals surface area contributed by atoms with E-state index in [0.717, 1.165) is 23.3 Å². The zero-order valence-electron chi connectivity index (χ0n) is 13.6. The van der Waals surface area contributed by atoms with Crippen LogP contribution in [0.3, 0.4) is 0 Å². The van der Waals surface area contributed by atoms with Crippen LogP contribution in [0, 0.1) is 13.8 Å². The molecule has 0 saturated heterocycles. The van der Waals surface area contributed by atoms with Gasteiger partial charge in [-0.25, -0.2) is 0 Å². The summed E-state index contributed by atoms with van der Waals surface area (Å²) >= 11 is 0. The first kappa shape index (κ1) is 17.8. The lowest BCUT2D eigenvalue weighted by atomic mass is 10.1. The SMILES string of the molecule is Cc1ccc(O[C@H](C)C(=O)Nc2cccc(C(F)(F)F)c2)c(C)c1. The van der Waals surface area contributed by atoms with Crippen molar-refractivity contribution in [2.75, 3.05) is 5.32 Å². The van der Waals surface area contributed by atoms with E-state index in [2.05, 4.69) is 5.32 Å². The van der Waals surface area contributed by atoms with Crippen LogP contribution in [0.1, 0.15) is 23.6 Å². The lowest BCUT2D eigenvalue weighted by molar-refractivity contribution is -0.137. The molecule has 0 saturated carbocycles. The number of carbonyl (C=O) groups excluding carboxylic acids is 1. The van der Waals surface area contributed by atoms with Crippen LogP contribution in [0.25, 0.3) is 0 Å². The van der Waals surface area contributed by atoms with E-state index >= 15 is 0 Å². The van der Waals surface area contributed by atoms with Gasteiger partial charge < -0.3 is 10.1 Å². The third kappa shape index (κ3) is 4.50. The number of benzene rings is 2. The Labute approximate surface area is 138 Å². The summed E-state index contributed by atoms with van der Waals surface area (Å²) in [5.41, 5.74) is 1.21. The number of ether oxygens (including phenoxy) is 1. The van der Waals surface area contributed by atoms with Crippen molar-refractivity contribution in [3.63, 3.8) is 0 Å². The van der Waals surface area contributed by atoms with Gasteiger partial charge in [0.15, 0.2) is 6.10 Å². The summed E-state index contributed by atoms with van der Waals surface area (Å²) in [6.45, 7) is 5.35. The van der Waals surface area contributed by atoms with Crippen molar-refractivity contribution in [2.24, 2.45) is 0 Å². The molecule has 0 aromatic heterocycles. The summed E-state index contributed by atoms with van der Waals surface area (Å²) < 4.78 is 43.7. The fourth-order valence-electron chi connectivity index (χ4n) is 2.19. The molecule has 2 rings (SSSR count). The van der Waals surface area contributed by atoms with Crippen molar-refractivity contribution in [1.29, 1.82) is 0 Å². The second kappa shape index (κ2) is 6.95. The van der Waals surface area contributed by atoms with Gasteiger partial charge in [-0.3, -0.25) is 4.79 Å². The molecule has 0 spiro atoms. The molecule has 0 aliphatic rings. The molecular weight excluding hydrogens is 319 g/mol. The molecule has 0 heterocycles. The van der Waals surface area contributed by atoms with E-state index in [-0.39, 0.29) is 5.69 Å². The monoisotopic (exact) mass is 337 g/mol. The van der Waals surface area contributed by atoms with Gasteiger partial charge >= 0.3 is 6.18 Å². The highest BCUT2D eigenvalue weighted by atomic mass is 19.4. The van der Waals surface area contributed by atoms with Crippen LogP contribution in [0.4, 0.5) is 18.9 Å².